The molecule has 0 radical (unpaired) electrons. The van der Waals surface area contributed by atoms with Crippen molar-refractivity contribution >= 4 is 17.8 Å². The van der Waals surface area contributed by atoms with Gasteiger partial charge in [-0.25, -0.2) is 0 Å². The highest BCUT2D eigenvalue weighted by Gasteiger charge is 2.24. The van der Waals surface area contributed by atoms with Crippen molar-refractivity contribution in [1.82, 2.24) is 40.6 Å². The number of carbonyl (C=O) groups is 1. The molecule has 4 heterocycles. The van der Waals surface area contributed by atoms with Crippen molar-refractivity contribution < 1.29 is 19.2 Å². The molecule has 13 nitrogen and oxygen atoms in total. The molecular formula is C24H27N9O4. The average molecular weight is 506 g/mol. The summed E-state index contributed by atoms with van der Waals surface area (Å²) in [5, 5.41) is 39.0. The molecule has 4 rings (SSSR count). The lowest BCUT2D eigenvalue weighted by Gasteiger charge is -2.21. The Hall–Kier alpha value is -4.65. The highest BCUT2D eigenvalue weighted by atomic mass is 16.5. The monoisotopic (exact) mass is 505 g/mol. The first kappa shape index (κ1) is 25.4. The fraction of sp³-hybridized carbons (Fsp3) is 0.292. The summed E-state index contributed by atoms with van der Waals surface area (Å²) < 4.78 is 12.7. The minimum Gasteiger partial charge on any atom is -0.470 e. The van der Waals surface area contributed by atoms with Gasteiger partial charge < -0.3 is 30.4 Å². The third-order valence-corrected chi connectivity index (χ3v) is 5.27. The van der Waals surface area contributed by atoms with E-state index >= 15 is 0 Å². The van der Waals surface area contributed by atoms with Crippen molar-refractivity contribution in [2.45, 2.75) is 39.4 Å². The predicted molar refractivity (Wildman–Crippen MR) is 133 cm³/mol. The highest BCUT2D eigenvalue weighted by Crippen LogP contribution is 2.32. The van der Waals surface area contributed by atoms with E-state index in [9.17, 15) is 9.90 Å². The van der Waals surface area contributed by atoms with E-state index < -0.39 is 0 Å². The number of hydrogen-bond acceptors (Lipinski definition) is 11. The Labute approximate surface area is 212 Å². The Morgan fingerprint density at radius 3 is 2.70 bits per heavy atom. The minimum absolute atomic E-state index is 0.102. The van der Waals surface area contributed by atoms with Crippen LogP contribution in [0, 0.1) is 5.41 Å². The molecule has 1 amide bonds. The molecule has 0 bridgehead atoms. The second kappa shape index (κ2) is 10.5. The van der Waals surface area contributed by atoms with Crippen LogP contribution in [0.15, 0.2) is 46.9 Å². The minimum atomic E-state index is -0.385. The number of aliphatic hydroxyl groups excluding tert-OH is 1. The van der Waals surface area contributed by atoms with Crippen molar-refractivity contribution in [1.29, 1.82) is 5.41 Å². The summed E-state index contributed by atoms with van der Waals surface area (Å²) in [5.41, 5.74) is 2.65. The molecule has 0 atom stereocenters. The van der Waals surface area contributed by atoms with E-state index in [-0.39, 0.29) is 24.5 Å². The van der Waals surface area contributed by atoms with Gasteiger partial charge in [0.1, 0.15) is 13.2 Å². The topological polar surface area (TPSA) is 176 Å². The number of hydrogen-bond donors (Lipinski definition) is 4. The number of fused-ring (bicyclic) bond motifs is 1. The quantitative estimate of drug-likeness (QED) is 0.246. The number of nitrogens with one attached hydrogen (secondary N) is 3. The molecular weight excluding hydrogens is 478 g/mol. The molecule has 0 aliphatic carbocycles. The van der Waals surface area contributed by atoms with Gasteiger partial charge in [-0.15, -0.1) is 15.3 Å². The molecule has 0 aliphatic heterocycles. The zero-order valence-electron chi connectivity index (χ0n) is 20.8. The number of carbonyl (C=O) groups excluding carboxylic acids is 1. The van der Waals surface area contributed by atoms with Gasteiger partial charge in [-0.1, -0.05) is 25.9 Å². The van der Waals surface area contributed by atoms with E-state index in [1.807, 2.05) is 26.8 Å². The second-order valence-corrected chi connectivity index (χ2v) is 9.06. The number of rotatable bonds is 9. The molecule has 4 aromatic heterocycles. The van der Waals surface area contributed by atoms with Crippen molar-refractivity contribution in [3.8, 4) is 17.4 Å². The molecule has 0 spiro atoms. The van der Waals surface area contributed by atoms with Gasteiger partial charge in [0.05, 0.1) is 17.0 Å². The Kier molecular flexibility index (Phi) is 7.25. The molecule has 37 heavy (non-hydrogen) atoms. The Bertz CT molecular complexity index is 1450. The summed E-state index contributed by atoms with van der Waals surface area (Å²) in [7, 11) is 1.68. The zero-order valence-corrected chi connectivity index (χ0v) is 20.8. The van der Waals surface area contributed by atoms with Gasteiger partial charge in [-0.05, 0) is 23.6 Å². The molecule has 0 aliphatic rings. The van der Waals surface area contributed by atoms with Crippen LogP contribution in [0.3, 0.4) is 0 Å². The Morgan fingerprint density at radius 2 is 2.08 bits per heavy atom. The van der Waals surface area contributed by atoms with E-state index in [0.29, 0.717) is 45.8 Å². The van der Waals surface area contributed by atoms with Crippen LogP contribution in [-0.2, 0) is 18.6 Å². The molecule has 0 saturated heterocycles. The summed E-state index contributed by atoms with van der Waals surface area (Å²) >= 11 is 0. The summed E-state index contributed by atoms with van der Waals surface area (Å²) in [4.78, 5) is 16.7. The molecule has 4 N–H and O–H groups in total. The molecule has 0 unspecified atom stereocenters. The van der Waals surface area contributed by atoms with Crippen LogP contribution in [0.5, 0.6) is 5.88 Å². The van der Waals surface area contributed by atoms with E-state index in [2.05, 4.69) is 36.1 Å². The maximum absolute atomic E-state index is 12.4. The molecule has 4 aromatic rings. The van der Waals surface area contributed by atoms with Crippen LogP contribution in [0.25, 0.3) is 17.2 Å². The van der Waals surface area contributed by atoms with Crippen LogP contribution < -0.4 is 15.4 Å². The third-order valence-electron chi connectivity index (χ3n) is 5.27. The van der Waals surface area contributed by atoms with Gasteiger partial charge in [-0.2, -0.15) is 4.52 Å². The smallest absolute Gasteiger partial charge is 0.257 e. The fourth-order valence-electron chi connectivity index (χ4n) is 3.37. The van der Waals surface area contributed by atoms with Crippen molar-refractivity contribution in [2.75, 3.05) is 7.05 Å². The first-order valence-electron chi connectivity index (χ1n) is 11.3. The standard InChI is InChI=1S/C24H27N9O4/c1-24(2,3)18-8-20-29-30-21(19-7-17(12-34)37-32-19)33(20)31-23(18)36-13-15-6-5-14(10-27-15)22(35)28-16(9-25)11-26-4/h5-11,25-26,34H,12-13H2,1-4H3,(H,28,35)/b16-11+,25-9?. The van der Waals surface area contributed by atoms with E-state index in [1.165, 1.54) is 16.9 Å². The van der Waals surface area contributed by atoms with Crippen LogP contribution in [-0.4, -0.2) is 54.2 Å². The molecule has 192 valence electrons. The molecule has 13 heteroatoms. The number of pyridine rings is 1. The number of ether oxygens (including phenoxy) is 1. The SMILES string of the molecule is CN/C=C(\C=N)NC(=O)c1ccc(COc2nn3c(-c4cc(CO)on4)nnc3cc2C(C)(C)C)nc1. The summed E-state index contributed by atoms with van der Waals surface area (Å²) in [6.45, 7) is 5.92. The van der Waals surface area contributed by atoms with E-state index in [1.54, 1.807) is 25.2 Å². The summed E-state index contributed by atoms with van der Waals surface area (Å²) in [6, 6.07) is 6.74. The van der Waals surface area contributed by atoms with Crippen LogP contribution in [0.1, 0.15) is 48.1 Å². The molecule has 0 fully saturated rings. The third kappa shape index (κ3) is 5.62. The van der Waals surface area contributed by atoms with Crippen LogP contribution in [0.4, 0.5) is 0 Å². The normalized spacial score (nSPS) is 12.0. The summed E-state index contributed by atoms with van der Waals surface area (Å²) in [6.07, 6.45) is 3.99. The lowest BCUT2D eigenvalue weighted by molar-refractivity contribution is 0.0967. The number of allylic oxidation sites excluding steroid dienone is 1. The zero-order chi connectivity index (χ0) is 26.6. The van der Waals surface area contributed by atoms with Crippen molar-refractivity contribution in [3.63, 3.8) is 0 Å². The van der Waals surface area contributed by atoms with Crippen molar-refractivity contribution in [3.05, 3.63) is 64.9 Å². The van der Waals surface area contributed by atoms with Gasteiger partial charge >= 0.3 is 0 Å². The number of aliphatic hydroxyl groups is 1. The van der Waals surface area contributed by atoms with Gasteiger partial charge in [0.25, 0.3) is 5.91 Å². The van der Waals surface area contributed by atoms with Gasteiger partial charge in [0.2, 0.25) is 11.7 Å². The predicted octanol–water partition coefficient (Wildman–Crippen LogP) is 1.98. The fourth-order valence-corrected chi connectivity index (χ4v) is 3.37. The lowest BCUT2D eigenvalue weighted by atomic mass is 9.88. The van der Waals surface area contributed by atoms with E-state index in [0.717, 1.165) is 11.8 Å². The first-order valence-corrected chi connectivity index (χ1v) is 11.3. The lowest BCUT2D eigenvalue weighted by Crippen LogP contribution is -2.24. The Morgan fingerprint density at radius 1 is 1.27 bits per heavy atom. The highest BCUT2D eigenvalue weighted by molar-refractivity contribution is 5.98. The maximum atomic E-state index is 12.4. The van der Waals surface area contributed by atoms with Gasteiger partial charge in [0, 0.05) is 37.3 Å². The number of aromatic nitrogens is 6. The Balaban J connectivity index is 1.58. The number of amides is 1. The van der Waals surface area contributed by atoms with Gasteiger partial charge in [-0.3, -0.25) is 9.78 Å². The summed E-state index contributed by atoms with van der Waals surface area (Å²) in [5.74, 6) is 0.617. The van der Waals surface area contributed by atoms with Crippen molar-refractivity contribution in [2.24, 2.45) is 0 Å². The number of nitrogens with zero attached hydrogens (tertiary/aromatic N) is 6. The second-order valence-electron chi connectivity index (χ2n) is 9.06. The van der Waals surface area contributed by atoms with Crippen LogP contribution >= 0.6 is 0 Å². The van der Waals surface area contributed by atoms with Crippen LogP contribution in [0.2, 0.25) is 0 Å². The van der Waals surface area contributed by atoms with E-state index in [4.69, 9.17) is 14.7 Å². The largest absolute Gasteiger partial charge is 0.470 e. The first-order chi connectivity index (χ1) is 17.7. The molecule has 0 saturated carbocycles. The van der Waals surface area contributed by atoms with Gasteiger partial charge in [0.15, 0.2) is 17.1 Å². The maximum Gasteiger partial charge on any atom is 0.257 e. The molecule has 0 aromatic carbocycles. The average Bonchev–Trinajstić information content (AvgIpc) is 3.52.